The molecule has 0 saturated carbocycles. The molecular weight excluding hydrogens is 236 g/mol. The second-order valence-electron chi connectivity index (χ2n) is 4.01. The number of nitrogens with one attached hydrogen (secondary N) is 1. The fraction of sp³-hybridized carbons (Fsp3) is 0.583. The van der Waals surface area contributed by atoms with Crippen LogP contribution in [0.25, 0.3) is 0 Å². The molecule has 4 nitrogen and oxygen atoms in total. The van der Waals surface area contributed by atoms with Crippen LogP contribution in [0.5, 0.6) is 0 Å². The number of pyridine rings is 1. The first-order valence-electron chi connectivity index (χ1n) is 5.94. The van der Waals surface area contributed by atoms with Crippen LogP contribution < -0.4 is 5.32 Å². The monoisotopic (exact) mass is 256 g/mol. The summed E-state index contributed by atoms with van der Waals surface area (Å²) in [6, 6.07) is 3.92. The van der Waals surface area contributed by atoms with Crippen molar-refractivity contribution in [1.29, 1.82) is 0 Å². The van der Waals surface area contributed by atoms with Crippen molar-refractivity contribution in [3.63, 3.8) is 0 Å². The molecule has 0 aromatic carbocycles. The largest absolute Gasteiger partial charge is 0.315 e. The first-order chi connectivity index (χ1) is 8.14. The lowest BCUT2D eigenvalue weighted by atomic mass is 10.2. The van der Waals surface area contributed by atoms with Crippen molar-refractivity contribution in [2.24, 2.45) is 0 Å². The van der Waals surface area contributed by atoms with Gasteiger partial charge in [0, 0.05) is 24.7 Å². The minimum atomic E-state index is -2.85. The highest BCUT2D eigenvalue weighted by Gasteiger charge is 2.07. The lowest BCUT2D eigenvalue weighted by molar-refractivity contribution is 0.589. The summed E-state index contributed by atoms with van der Waals surface area (Å²) in [7, 11) is -2.85. The zero-order valence-electron chi connectivity index (χ0n) is 10.2. The van der Waals surface area contributed by atoms with Gasteiger partial charge in [-0.05, 0) is 31.0 Å². The van der Waals surface area contributed by atoms with Crippen LogP contribution in [0.3, 0.4) is 0 Å². The predicted octanol–water partition coefficient (Wildman–Crippen LogP) is 1.04. The molecule has 1 heterocycles. The highest BCUT2D eigenvalue weighted by molar-refractivity contribution is 7.91. The molecule has 0 aliphatic heterocycles. The van der Waals surface area contributed by atoms with Crippen molar-refractivity contribution < 1.29 is 8.42 Å². The molecule has 1 aromatic rings. The van der Waals surface area contributed by atoms with Gasteiger partial charge in [0.2, 0.25) is 0 Å². The summed E-state index contributed by atoms with van der Waals surface area (Å²) < 4.78 is 22.8. The van der Waals surface area contributed by atoms with Gasteiger partial charge >= 0.3 is 0 Å². The molecule has 0 saturated heterocycles. The highest BCUT2D eigenvalue weighted by Crippen LogP contribution is 1.96. The molecule has 17 heavy (non-hydrogen) atoms. The normalized spacial score (nSPS) is 11.6. The third-order valence-corrected chi connectivity index (χ3v) is 4.27. The van der Waals surface area contributed by atoms with Crippen LogP contribution in [-0.2, 0) is 16.3 Å². The number of hydrogen-bond donors (Lipinski definition) is 1. The van der Waals surface area contributed by atoms with Gasteiger partial charge in [-0.15, -0.1) is 0 Å². The van der Waals surface area contributed by atoms with Crippen molar-refractivity contribution >= 4 is 9.84 Å². The average Bonchev–Trinajstić information content (AvgIpc) is 2.30. The minimum absolute atomic E-state index is 0.230. The van der Waals surface area contributed by atoms with Gasteiger partial charge in [-0.25, -0.2) is 8.42 Å². The van der Waals surface area contributed by atoms with Gasteiger partial charge in [-0.2, -0.15) is 0 Å². The van der Waals surface area contributed by atoms with Crippen LogP contribution >= 0.6 is 0 Å². The van der Waals surface area contributed by atoms with Crippen molar-refractivity contribution in [3.8, 4) is 0 Å². The molecule has 0 unspecified atom stereocenters. The summed E-state index contributed by atoms with van der Waals surface area (Å²) in [5, 5.41) is 3.14. The van der Waals surface area contributed by atoms with Crippen LogP contribution in [0.4, 0.5) is 0 Å². The fourth-order valence-electron chi connectivity index (χ4n) is 1.54. The lowest BCUT2D eigenvalue weighted by Crippen LogP contribution is -2.26. The maximum Gasteiger partial charge on any atom is 0.151 e. The van der Waals surface area contributed by atoms with Crippen LogP contribution in [0.1, 0.15) is 18.9 Å². The van der Waals surface area contributed by atoms with E-state index in [2.05, 4.69) is 10.3 Å². The Balaban J connectivity index is 2.13. The van der Waals surface area contributed by atoms with E-state index >= 15 is 0 Å². The summed E-state index contributed by atoms with van der Waals surface area (Å²) in [5.74, 6) is 0.519. The Bertz CT molecular complexity index is 404. The summed E-state index contributed by atoms with van der Waals surface area (Å²) in [6.45, 7) is 3.20. The van der Waals surface area contributed by atoms with Crippen molar-refractivity contribution in [2.75, 3.05) is 24.6 Å². The molecule has 0 bridgehead atoms. The SMILES string of the molecule is CCCS(=O)(=O)CCNCCc1cccnc1. The van der Waals surface area contributed by atoms with E-state index in [1.54, 1.807) is 6.20 Å². The second kappa shape index (κ2) is 7.40. The van der Waals surface area contributed by atoms with E-state index in [0.29, 0.717) is 13.0 Å². The standard InChI is InChI=1S/C12H20N2O2S/c1-2-9-17(15,16)10-8-13-7-5-12-4-3-6-14-11-12/h3-4,6,11,13H,2,5,7-10H2,1H3. The highest BCUT2D eigenvalue weighted by atomic mass is 32.2. The maximum absolute atomic E-state index is 11.4. The van der Waals surface area contributed by atoms with Gasteiger partial charge in [-0.1, -0.05) is 13.0 Å². The van der Waals surface area contributed by atoms with Crippen molar-refractivity contribution in [3.05, 3.63) is 30.1 Å². The van der Waals surface area contributed by atoms with Crippen LogP contribution in [0.15, 0.2) is 24.5 Å². The van der Waals surface area contributed by atoms with Gasteiger partial charge in [0.15, 0.2) is 9.84 Å². The molecule has 0 radical (unpaired) electrons. The van der Waals surface area contributed by atoms with Gasteiger partial charge in [0.1, 0.15) is 0 Å². The summed E-state index contributed by atoms with van der Waals surface area (Å²) in [5.41, 5.74) is 1.16. The molecule has 0 atom stereocenters. The smallest absolute Gasteiger partial charge is 0.151 e. The molecule has 1 aromatic heterocycles. The van der Waals surface area contributed by atoms with Crippen molar-refractivity contribution in [1.82, 2.24) is 10.3 Å². The number of nitrogens with zero attached hydrogens (tertiary/aromatic N) is 1. The zero-order valence-corrected chi connectivity index (χ0v) is 11.0. The molecule has 0 aliphatic rings. The Hall–Kier alpha value is -0.940. The molecule has 0 amide bonds. The zero-order chi connectivity index (χ0) is 12.6. The minimum Gasteiger partial charge on any atom is -0.315 e. The number of rotatable bonds is 8. The lowest BCUT2D eigenvalue weighted by Gasteiger charge is -2.05. The molecular formula is C12H20N2O2S. The van der Waals surface area contributed by atoms with E-state index in [4.69, 9.17) is 0 Å². The summed E-state index contributed by atoms with van der Waals surface area (Å²) >= 11 is 0. The number of aromatic nitrogens is 1. The Morgan fingerprint density at radius 2 is 2.12 bits per heavy atom. The van der Waals surface area contributed by atoms with E-state index in [0.717, 1.165) is 18.5 Å². The van der Waals surface area contributed by atoms with Crippen LogP contribution in [0, 0.1) is 0 Å². The quantitative estimate of drug-likeness (QED) is 0.706. The molecule has 1 rings (SSSR count). The Kier molecular flexibility index (Phi) is 6.15. The van der Waals surface area contributed by atoms with E-state index in [9.17, 15) is 8.42 Å². The summed E-state index contributed by atoms with van der Waals surface area (Å²) in [6.07, 6.45) is 5.14. The third-order valence-electron chi connectivity index (χ3n) is 2.42. The first-order valence-corrected chi connectivity index (χ1v) is 7.76. The predicted molar refractivity (Wildman–Crippen MR) is 69.8 cm³/mol. The van der Waals surface area contributed by atoms with E-state index in [-0.39, 0.29) is 11.5 Å². The third kappa shape index (κ3) is 6.38. The second-order valence-corrected chi connectivity index (χ2v) is 6.32. The first kappa shape index (κ1) is 14.1. The van der Waals surface area contributed by atoms with Gasteiger partial charge in [0.25, 0.3) is 0 Å². The fourth-order valence-corrected chi connectivity index (χ4v) is 2.83. The van der Waals surface area contributed by atoms with Crippen molar-refractivity contribution in [2.45, 2.75) is 19.8 Å². The molecule has 0 aliphatic carbocycles. The van der Waals surface area contributed by atoms with E-state index in [1.165, 1.54) is 0 Å². The van der Waals surface area contributed by atoms with Crippen LogP contribution in [0.2, 0.25) is 0 Å². The molecule has 96 valence electrons. The molecule has 0 spiro atoms. The summed E-state index contributed by atoms with van der Waals surface area (Å²) in [4.78, 5) is 4.02. The maximum atomic E-state index is 11.4. The van der Waals surface area contributed by atoms with E-state index in [1.807, 2.05) is 25.3 Å². The molecule has 1 N–H and O–H groups in total. The Morgan fingerprint density at radius 3 is 2.76 bits per heavy atom. The van der Waals surface area contributed by atoms with E-state index < -0.39 is 9.84 Å². The topological polar surface area (TPSA) is 59.1 Å². The number of sulfone groups is 1. The molecule has 0 fully saturated rings. The van der Waals surface area contributed by atoms with Gasteiger partial charge in [-0.3, -0.25) is 4.98 Å². The van der Waals surface area contributed by atoms with Crippen LogP contribution in [-0.4, -0.2) is 38.0 Å². The van der Waals surface area contributed by atoms with Gasteiger partial charge in [0.05, 0.1) is 5.75 Å². The number of hydrogen-bond acceptors (Lipinski definition) is 4. The average molecular weight is 256 g/mol. The van der Waals surface area contributed by atoms with Gasteiger partial charge < -0.3 is 5.32 Å². The Labute approximate surface area is 103 Å². The Morgan fingerprint density at radius 1 is 1.29 bits per heavy atom. The molecule has 5 heteroatoms.